The molecule has 21 heavy (non-hydrogen) atoms. The van der Waals surface area contributed by atoms with Crippen LogP contribution in [0.15, 0.2) is 42.5 Å². The second-order valence-electron chi connectivity index (χ2n) is 5.63. The molecule has 1 aliphatic rings. The standard InChI is InChI=1S/C18H20N2O/c1-13(21)14-5-3-7-16(11-14)19-17-8-9-18-15(12-17)6-4-10-20(18)2/h3,5,7-9,11-12,19H,4,6,10H2,1-2H3. The lowest BCUT2D eigenvalue weighted by Crippen LogP contribution is -2.24. The van der Waals surface area contributed by atoms with Gasteiger partial charge in [0.2, 0.25) is 0 Å². The predicted octanol–water partition coefficient (Wildman–Crippen LogP) is 4.02. The van der Waals surface area contributed by atoms with E-state index in [9.17, 15) is 4.79 Å². The lowest BCUT2D eigenvalue weighted by molar-refractivity contribution is 0.101. The van der Waals surface area contributed by atoms with E-state index in [1.54, 1.807) is 6.92 Å². The first-order chi connectivity index (χ1) is 10.1. The zero-order chi connectivity index (χ0) is 14.8. The van der Waals surface area contributed by atoms with Crippen LogP contribution in [0.4, 0.5) is 17.1 Å². The summed E-state index contributed by atoms with van der Waals surface area (Å²) < 4.78 is 0. The molecule has 0 saturated carbocycles. The Kier molecular flexibility index (Phi) is 3.65. The van der Waals surface area contributed by atoms with Crippen molar-refractivity contribution in [2.24, 2.45) is 0 Å². The maximum Gasteiger partial charge on any atom is 0.159 e. The summed E-state index contributed by atoms with van der Waals surface area (Å²) in [5, 5.41) is 3.39. The number of Topliss-reactive ketones (excluding diaryl/α,β-unsaturated/α-hetero) is 1. The molecule has 3 rings (SSSR count). The minimum absolute atomic E-state index is 0.0886. The van der Waals surface area contributed by atoms with Gasteiger partial charge in [-0.25, -0.2) is 0 Å². The maximum atomic E-state index is 11.4. The van der Waals surface area contributed by atoms with E-state index >= 15 is 0 Å². The van der Waals surface area contributed by atoms with Gasteiger partial charge in [0, 0.05) is 36.2 Å². The summed E-state index contributed by atoms with van der Waals surface area (Å²) in [6.45, 7) is 2.72. The molecule has 0 spiro atoms. The highest BCUT2D eigenvalue weighted by molar-refractivity contribution is 5.95. The van der Waals surface area contributed by atoms with E-state index < -0.39 is 0 Å². The molecular weight excluding hydrogens is 260 g/mol. The highest BCUT2D eigenvalue weighted by Gasteiger charge is 2.13. The van der Waals surface area contributed by atoms with Crippen molar-refractivity contribution in [3.05, 3.63) is 53.6 Å². The SMILES string of the molecule is CC(=O)c1cccc(Nc2ccc3c(c2)CCCN3C)c1. The normalized spacial score (nSPS) is 13.7. The number of benzene rings is 2. The van der Waals surface area contributed by atoms with Gasteiger partial charge in [-0.3, -0.25) is 4.79 Å². The zero-order valence-electron chi connectivity index (χ0n) is 12.5. The van der Waals surface area contributed by atoms with Crippen LogP contribution in [0.2, 0.25) is 0 Å². The quantitative estimate of drug-likeness (QED) is 0.862. The molecule has 2 aromatic rings. The van der Waals surface area contributed by atoms with Crippen LogP contribution in [0.25, 0.3) is 0 Å². The molecule has 0 unspecified atom stereocenters. The second kappa shape index (κ2) is 5.60. The molecule has 0 aliphatic carbocycles. The fourth-order valence-corrected chi connectivity index (χ4v) is 2.85. The lowest BCUT2D eigenvalue weighted by Gasteiger charge is -2.28. The topological polar surface area (TPSA) is 32.3 Å². The number of carbonyl (C=O) groups excluding carboxylic acids is 1. The van der Waals surface area contributed by atoms with E-state index in [-0.39, 0.29) is 5.78 Å². The minimum atomic E-state index is 0.0886. The number of hydrogen-bond acceptors (Lipinski definition) is 3. The monoisotopic (exact) mass is 280 g/mol. The van der Waals surface area contributed by atoms with Gasteiger partial charge in [-0.15, -0.1) is 0 Å². The van der Waals surface area contributed by atoms with E-state index in [4.69, 9.17) is 0 Å². The summed E-state index contributed by atoms with van der Waals surface area (Å²) in [6, 6.07) is 14.1. The van der Waals surface area contributed by atoms with Crippen LogP contribution in [0.1, 0.15) is 29.3 Å². The lowest BCUT2D eigenvalue weighted by atomic mass is 10.0. The average Bonchev–Trinajstić information content (AvgIpc) is 2.47. The van der Waals surface area contributed by atoms with Gasteiger partial charge >= 0.3 is 0 Å². The molecule has 1 N–H and O–H groups in total. The fourth-order valence-electron chi connectivity index (χ4n) is 2.85. The van der Waals surface area contributed by atoms with Crippen LogP contribution >= 0.6 is 0 Å². The summed E-state index contributed by atoms with van der Waals surface area (Å²) >= 11 is 0. The van der Waals surface area contributed by atoms with Gasteiger partial charge in [-0.1, -0.05) is 12.1 Å². The van der Waals surface area contributed by atoms with Crippen molar-refractivity contribution in [3.8, 4) is 0 Å². The summed E-state index contributed by atoms with van der Waals surface area (Å²) in [5.41, 5.74) is 5.47. The Balaban J connectivity index is 1.85. The van der Waals surface area contributed by atoms with Crippen molar-refractivity contribution in [1.29, 1.82) is 0 Å². The molecule has 0 fully saturated rings. The van der Waals surface area contributed by atoms with Gasteiger partial charge in [-0.05, 0) is 55.7 Å². The number of ketones is 1. The molecular formula is C18H20N2O. The summed E-state index contributed by atoms with van der Waals surface area (Å²) in [5.74, 6) is 0.0886. The number of carbonyl (C=O) groups is 1. The maximum absolute atomic E-state index is 11.4. The van der Waals surface area contributed by atoms with Crippen molar-refractivity contribution in [3.63, 3.8) is 0 Å². The zero-order valence-corrected chi connectivity index (χ0v) is 12.5. The van der Waals surface area contributed by atoms with Crippen molar-refractivity contribution in [2.75, 3.05) is 23.8 Å². The van der Waals surface area contributed by atoms with E-state index in [1.807, 2.05) is 24.3 Å². The molecule has 0 saturated heterocycles. The van der Waals surface area contributed by atoms with Gasteiger partial charge in [0.1, 0.15) is 0 Å². The Labute approximate surface area is 125 Å². The van der Waals surface area contributed by atoms with E-state index in [1.165, 1.54) is 17.7 Å². The highest BCUT2D eigenvalue weighted by atomic mass is 16.1. The van der Waals surface area contributed by atoms with Crippen LogP contribution in [0, 0.1) is 0 Å². The molecule has 1 aliphatic heterocycles. The Hall–Kier alpha value is -2.29. The number of aryl methyl sites for hydroxylation is 1. The first kappa shape index (κ1) is 13.7. The number of anilines is 3. The molecule has 1 heterocycles. The van der Waals surface area contributed by atoms with E-state index in [0.29, 0.717) is 0 Å². The average molecular weight is 280 g/mol. The molecule has 0 bridgehead atoms. The molecule has 0 aromatic heterocycles. The van der Waals surface area contributed by atoms with Gasteiger partial charge < -0.3 is 10.2 Å². The molecule has 0 atom stereocenters. The van der Waals surface area contributed by atoms with Crippen molar-refractivity contribution in [2.45, 2.75) is 19.8 Å². The number of rotatable bonds is 3. The smallest absolute Gasteiger partial charge is 0.159 e. The number of hydrogen-bond donors (Lipinski definition) is 1. The Morgan fingerprint density at radius 3 is 2.76 bits per heavy atom. The molecule has 108 valence electrons. The van der Waals surface area contributed by atoms with Crippen molar-refractivity contribution < 1.29 is 4.79 Å². The van der Waals surface area contributed by atoms with Crippen LogP contribution in [0.5, 0.6) is 0 Å². The van der Waals surface area contributed by atoms with Crippen LogP contribution in [-0.4, -0.2) is 19.4 Å². The second-order valence-corrected chi connectivity index (χ2v) is 5.63. The Morgan fingerprint density at radius 2 is 1.95 bits per heavy atom. The third-order valence-corrected chi connectivity index (χ3v) is 3.99. The highest BCUT2D eigenvalue weighted by Crippen LogP contribution is 2.29. The van der Waals surface area contributed by atoms with Crippen LogP contribution < -0.4 is 10.2 Å². The molecule has 0 radical (unpaired) electrons. The minimum Gasteiger partial charge on any atom is -0.374 e. The third kappa shape index (κ3) is 2.92. The van der Waals surface area contributed by atoms with Crippen molar-refractivity contribution in [1.82, 2.24) is 0 Å². The number of fused-ring (bicyclic) bond motifs is 1. The summed E-state index contributed by atoms with van der Waals surface area (Å²) in [6.07, 6.45) is 2.33. The molecule has 3 heteroatoms. The Morgan fingerprint density at radius 1 is 1.14 bits per heavy atom. The Bertz CT molecular complexity index is 679. The summed E-state index contributed by atoms with van der Waals surface area (Å²) in [7, 11) is 2.14. The largest absolute Gasteiger partial charge is 0.374 e. The first-order valence-electron chi connectivity index (χ1n) is 7.35. The fraction of sp³-hybridized carbons (Fsp3) is 0.278. The molecule has 2 aromatic carbocycles. The third-order valence-electron chi connectivity index (χ3n) is 3.99. The van der Waals surface area contributed by atoms with Gasteiger partial charge in [0.15, 0.2) is 5.78 Å². The van der Waals surface area contributed by atoms with E-state index in [0.717, 1.165) is 29.9 Å². The van der Waals surface area contributed by atoms with Gasteiger partial charge in [0.05, 0.1) is 0 Å². The number of nitrogens with zero attached hydrogens (tertiary/aromatic N) is 1. The van der Waals surface area contributed by atoms with Gasteiger partial charge in [0.25, 0.3) is 0 Å². The first-order valence-corrected chi connectivity index (χ1v) is 7.35. The van der Waals surface area contributed by atoms with Crippen molar-refractivity contribution >= 4 is 22.8 Å². The predicted molar refractivity (Wildman–Crippen MR) is 87.8 cm³/mol. The number of nitrogens with one attached hydrogen (secondary N) is 1. The molecule has 0 amide bonds. The molecule has 3 nitrogen and oxygen atoms in total. The van der Waals surface area contributed by atoms with Crippen LogP contribution in [0.3, 0.4) is 0 Å². The summed E-state index contributed by atoms with van der Waals surface area (Å²) in [4.78, 5) is 13.7. The van der Waals surface area contributed by atoms with E-state index in [2.05, 4.69) is 35.5 Å². The van der Waals surface area contributed by atoms with Gasteiger partial charge in [-0.2, -0.15) is 0 Å². The van der Waals surface area contributed by atoms with Crippen LogP contribution in [-0.2, 0) is 6.42 Å².